The van der Waals surface area contributed by atoms with Gasteiger partial charge in [0.2, 0.25) is 5.82 Å². The van der Waals surface area contributed by atoms with Crippen LogP contribution in [0.25, 0.3) is 0 Å². The molecule has 1 N–H and O–H groups in total. The number of rotatable bonds is 1. The molecule has 0 fully saturated rings. The van der Waals surface area contributed by atoms with Crippen LogP contribution < -0.4 is 0 Å². The summed E-state index contributed by atoms with van der Waals surface area (Å²) >= 11 is 2.76. The molecule has 12 heavy (non-hydrogen) atoms. The third kappa shape index (κ3) is 1.32. The van der Waals surface area contributed by atoms with Gasteiger partial charge in [0.05, 0.1) is 10.0 Å². The maximum absolute atomic E-state index is 12.7. The Bertz CT molecular complexity index is 339. The summed E-state index contributed by atoms with van der Waals surface area (Å²) in [6, 6.07) is 1.00. The third-order valence-corrected chi connectivity index (χ3v) is 1.89. The molecule has 64 valence electrons. The van der Waals surface area contributed by atoms with Crippen LogP contribution in [0.1, 0.15) is 10.4 Å². The summed E-state index contributed by atoms with van der Waals surface area (Å²) in [6.07, 6.45) is 0.169. The average Bonchev–Trinajstić information content (AvgIpc) is 2.08. The molecule has 0 spiro atoms. The lowest BCUT2D eigenvalue weighted by Crippen LogP contribution is -1.93. The predicted octanol–water partition coefficient (Wildman–Crippen LogP) is 2.25. The SMILES string of the molecule is O=Cc1cc(Br)c(O)c(F)c1F. The fraction of sp³-hybridized carbons (Fsp3) is 0. The van der Waals surface area contributed by atoms with E-state index >= 15 is 0 Å². The summed E-state index contributed by atoms with van der Waals surface area (Å²) in [5, 5.41) is 8.83. The molecule has 0 amide bonds. The van der Waals surface area contributed by atoms with Crippen LogP contribution in [0.2, 0.25) is 0 Å². The number of phenols is 1. The van der Waals surface area contributed by atoms with Crippen LogP contribution >= 0.6 is 15.9 Å². The molecule has 0 saturated heterocycles. The number of hydrogen-bond acceptors (Lipinski definition) is 2. The summed E-state index contributed by atoms with van der Waals surface area (Å²) in [5.74, 6) is -3.60. The van der Waals surface area contributed by atoms with Crippen molar-refractivity contribution in [1.82, 2.24) is 0 Å². The first-order chi connectivity index (χ1) is 5.57. The van der Waals surface area contributed by atoms with Crippen LogP contribution in [0, 0.1) is 11.6 Å². The molecule has 2 nitrogen and oxygen atoms in total. The van der Waals surface area contributed by atoms with E-state index in [4.69, 9.17) is 5.11 Å². The molecular weight excluding hydrogens is 234 g/mol. The van der Waals surface area contributed by atoms with Crippen molar-refractivity contribution in [3.05, 3.63) is 27.7 Å². The fourth-order valence-corrected chi connectivity index (χ4v) is 1.11. The largest absolute Gasteiger partial charge is 0.504 e. The minimum absolute atomic E-state index is 0.0523. The van der Waals surface area contributed by atoms with Crippen molar-refractivity contribution in [1.29, 1.82) is 0 Å². The molecule has 1 rings (SSSR count). The van der Waals surface area contributed by atoms with E-state index < -0.39 is 22.9 Å². The van der Waals surface area contributed by atoms with E-state index in [1.165, 1.54) is 0 Å². The van der Waals surface area contributed by atoms with Gasteiger partial charge in [-0.15, -0.1) is 0 Å². The molecule has 0 aliphatic heterocycles. The number of phenolic OH excluding ortho intramolecular Hbond substituents is 1. The molecule has 0 atom stereocenters. The molecule has 0 saturated carbocycles. The molecule has 0 unspecified atom stereocenters. The second-order valence-corrected chi connectivity index (χ2v) is 2.90. The van der Waals surface area contributed by atoms with E-state index in [0.717, 1.165) is 6.07 Å². The molecule has 5 heteroatoms. The average molecular weight is 237 g/mol. The van der Waals surface area contributed by atoms with Gasteiger partial charge in [0.25, 0.3) is 0 Å². The monoisotopic (exact) mass is 236 g/mol. The number of aromatic hydroxyl groups is 1. The zero-order valence-electron chi connectivity index (χ0n) is 5.64. The van der Waals surface area contributed by atoms with Gasteiger partial charge in [-0.3, -0.25) is 4.79 Å². The summed E-state index contributed by atoms with van der Waals surface area (Å²) < 4.78 is 25.2. The number of benzene rings is 1. The molecule has 1 aromatic rings. The Hall–Kier alpha value is -0.970. The van der Waals surface area contributed by atoms with Crippen LogP contribution in [0.15, 0.2) is 10.5 Å². The minimum atomic E-state index is -1.42. The van der Waals surface area contributed by atoms with Gasteiger partial charge >= 0.3 is 0 Å². The first-order valence-electron chi connectivity index (χ1n) is 2.89. The van der Waals surface area contributed by atoms with Crippen LogP contribution in [0.4, 0.5) is 8.78 Å². The van der Waals surface area contributed by atoms with Gasteiger partial charge in [0, 0.05) is 0 Å². The Labute approximate surface area is 75.0 Å². The molecule has 0 bridgehead atoms. The van der Waals surface area contributed by atoms with Crippen molar-refractivity contribution in [2.75, 3.05) is 0 Å². The van der Waals surface area contributed by atoms with Gasteiger partial charge in [-0.25, -0.2) is 4.39 Å². The Morgan fingerprint density at radius 1 is 1.42 bits per heavy atom. The van der Waals surface area contributed by atoms with E-state index in [1.807, 2.05) is 0 Å². The third-order valence-electron chi connectivity index (χ3n) is 1.29. The normalized spacial score (nSPS) is 9.92. The summed E-state index contributed by atoms with van der Waals surface area (Å²) in [5.41, 5.74) is -0.433. The van der Waals surface area contributed by atoms with Crippen LogP contribution in [-0.2, 0) is 0 Å². The van der Waals surface area contributed by atoms with Crippen molar-refractivity contribution < 1.29 is 18.7 Å². The van der Waals surface area contributed by atoms with Crippen molar-refractivity contribution in [3.8, 4) is 5.75 Å². The zero-order valence-corrected chi connectivity index (χ0v) is 7.23. The van der Waals surface area contributed by atoms with Crippen LogP contribution in [0.5, 0.6) is 5.75 Å². The number of hydrogen-bond donors (Lipinski definition) is 1. The van der Waals surface area contributed by atoms with E-state index in [-0.39, 0.29) is 10.8 Å². The molecule has 0 aliphatic rings. The Morgan fingerprint density at radius 2 is 2.00 bits per heavy atom. The quantitative estimate of drug-likeness (QED) is 0.600. The van der Waals surface area contributed by atoms with Crippen molar-refractivity contribution in [2.45, 2.75) is 0 Å². The topological polar surface area (TPSA) is 37.3 Å². The van der Waals surface area contributed by atoms with E-state index in [1.54, 1.807) is 0 Å². The highest BCUT2D eigenvalue weighted by molar-refractivity contribution is 9.10. The summed E-state index contributed by atoms with van der Waals surface area (Å²) in [7, 11) is 0. The first-order valence-corrected chi connectivity index (χ1v) is 3.69. The maximum atomic E-state index is 12.7. The molecule has 0 aromatic heterocycles. The van der Waals surface area contributed by atoms with Gasteiger partial charge in [0.15, 0.2) is 17.9 Å². The van der Waals surface area contributed by atoms with Gasteiger partial charge in [-0.05, 0) is 22.0 Å². The van der Waals surface area contributed by atoms with Crippen LogP contribution in [0.3, 0.4) is 0 Å². The van der Waals surface area contributed by atoms with Crippen molar-refractivity contribution >= 4 is 22.2 Å². The molecule has 1 aromatic carbocycles. The lowest BCUT2D eigenvalue weighted by atomic mass is 10.2. The number of carbonyl (C=O) groups is 1. The van der Waals surface area contributed by atoms with Gasteiger partial charge in [-0.1, -0.05) is 0 Å². The Balaban J connectivity index is 3.49. The standard InChI is InChI=1S/C7H3BrF2O2/c8-4-1-3(2-11)5(9)6(10)7(4)12/h1-2,12H. The highest BCUT2D eigenvalue weighted by Crippen LogP contribution is 2.29. The lowest BCUT2D eigenvalue weighted by molar-refractivity contribution is 0.111. The summed E-state index contributed by atoms with van der Waals surface area (Å²) in [6.45, 7) is 0. The predicted molar refractivity (Wildman–Crippen MR) is 41.1 cm³/mol. The molecule has 0 aliphatic carbocycles. The smallest absolute Gasteiger partial charge is 0.202 e. The zero-order chi connectivity index (χ0) is 9.30. The lowest BCUT2D eigenvalue weighted by Gasteiger charge is -2.01. The minimum Gasteiger partial charge on any atom is -0.504 e. The van der Waals surface area contributed by atoms with E-state index in [2.05, 4.69) is 15.9 Å². The molecule has 0 heterocycles. The van der Waals surface area contributed by atoms with Crippen molar-refractivity contribution in [3.63, 3.8) is 0 Å². The second-order valence-electron chi connectivity index (χ2n) is 2.04. The van der Waals surface area contributed by atoms with Gasteiger partial charge < -0.3 is 5.11 Å². The molecular formula is C7H3BrF2O2. The highest BCUT2D eigenvalue weighted by Gasteiger charge is 2.15. The fourth-order valence-electron chi connectivity index (χ4n) is 0.690. The summed E-state index contributed by atoms with van der Waals surface area (Å²) in [4.78, 5) is 10.1. The Morgan fingerprint density at radius 3 is 2.50 bits per heavy atom. The maximum Gasteiger partial charge on any atom is 0.202 e. The number of halogens is 3. The van der Waals surface area contributed by atoms with Gasteiger partial charge in [0.1, 0.15) is 0 Å². The molecule has 0 radical (unpaired) electrons. The van der Waals surface area contributed by atoms with Gasteiger partial charge in [-0.2, -0.15) is 4.39 Å². The first kappa shape index (κ1) is 9.12. The van der Waals surface area contributed by atoms with E-state index in [0.29, 0.717) is 0 Å². The van der Waals surface area contributed by atoms with Crippen molar-refractivity contribution in [2.24, 2.45) is 0 Å². The number of aldehydes is 1. The highest BCUT2D eigenvalue weighted by atomic mass is 79.9. The van der Waals surface area contributed by atoms with Crippen LogP contribution in [-0.4, -0.2) is 11.4 Å². The second kappa shape index (κ2) is 3.18. The Kier molecular flexibility index (Phi) is 2.42. The number of carbonyl (C=O) groups excluding carboxylic acids is 1. The van der Waals surface area contributed by atoms with E-state index in [9.17, 15) is 13.6 Å².